The topological polar surface area (TPSA) is 42.5 Å². The summed E-state index contributed by atoms with van der Waals surface area (Å²) in [6, 6.07) is 0.470. The number of hydrogen-bond acceptors (Lipinski definition) is 4. The molecule has 0 bridgehead atoms. The predicted octanol–water partition coefficient (Wildman–Crippen LogP) is 0.568. The lowest BCUT2D eigenvalue weighted by molar-refractivity contribution is 0.00578. The van der Waals surface area contributed by atoms with Crippen LogP contribution in [-0.2, 0) is 9.31 Å². The molecule has 0 aromatic heterocycles. The van der Waals surface area contributed by atoms with Gasteiger partial charge in [0.05, 0.1) is 17.1 Å². The van der Waals surface area contributed by atoms with Gasteiger partial charge in [-0.15, -0.1) is 0 Å². The van der Waals surface area contributed by atoms with E-state index >= 15 is 0 Å². The van der Waals surface area contributed by atoms with Gasteiger partial charge in [-0.3, -0.25) is 0 Å². The van der Waals surface area contributed by atoms with Gasteiger partial charge in [0.1, 0.15) is 0 Å². The first-order valence-electron chi connectivity index (χ1n) is 6.14. The first-order chi connectivity index (χ1) is 7.32. The van der Waals surface area contributed by atoms with E-state index in [2.05, 4.69) is 45.3 Å². The molecule has 0 saturated carbocycles. The maximum Gasteiger partial charge on any atom is 0.477 e. The van der Waals surface area contributed by atoms with Crippen molar-refractivity contribution in [1.29, 1.82) is 0 Å². The molecule has 16 heavy (non-hydrogen) atoms. The van der Waals surface area contributed by atoms with Gasteiger partial charge >= 0.3 is 7.12 Å². The third-order valence-corrected chi connectivity index (χ3v) is 3.91. The van der Waals surface area contributed by atoms with Crippen LogP contribution in [0.2, 0.25) is 0 Å². The Morgan fingerprint density at radius 2 is 1.62 bits per heavy atom. The van der Waals surface area contributed by atoms with Gasteiger partial charge in [-0.1, -0.05) is 0 Å². The molecular weight excluding hydrogens is 203 g/mol. The van der Waals surface area contributed by atoms with E-state index in [0.29, 0.717) is 6.04 Å². The van der Waals surface area contributed by atoms with E-state index in [9.17, 15) is 0 Å². The summed E-state index contributed by atoms with van der Waals surface area (Å²) in [4.78, 5) is 0. The van der Waals surface area contributed by atoms with Crippen LogP contribution in [0, 0.1) is 0 Å². The van der Waals surface area contributed by atoms with Crippen LogP contribution in [0.4, 0.5) is 0 Å². The zero-order valence-corrected chi connectivity index (χ0v) is 11.0. The largest absolute Gasteiger partial charge is 0.477 e. The van der Waals surface area contributed by atoms with Crippen molar-refractivity contribution in [2.75, 3.05) is 13.1 Å². The molecule has 0 aromatic carbocycles. The van der Waals surface area contributed by atoms with Crippen molar-refractivity contribution in [1.82, 2.24) is 10.6 Å². The van der Waals surface area contributed by atoms with Gasteiger partial charge in [-0.05, 0) is 34.6 Å². The van der Waals surface area contributed by atoms with Crippen molar-refractivity contribution < 1.29 is 9.31 Å². The van der Waals surface area contributed by atoms with Crippen molar-refractivity contribution in [2.24, 2.45) is 0 Å². The highest BCUT2D eigenvalue weighted by molar-refractivity contribution is 6.47. The smallest absolute Gasteiger partial charge is 0.402 e. The summed E-state index contributed by atoms with van der Waals surface area (Å²) >= 11 is 0. The fourth-order valence-corrected chi connectivity index (χ4v) is 2.17. The minimum Gasteiger partial charge on any atom is -0.402 e. The molecule has 2 N–H and O–H groups in total. The van der Waals surface area contributed by atoms with E-state index in [0.717, 1.165) is 13.1 Å². The highest BCUT2D eigenvalue weighted by Gasteiger charge is 2.54. The molecule has 4 nitrogen and oxygen atoms in total. The van der Waals surface area contributed by atoms with Gasteiger partial charge in [-0.2, -0.15) is 0 Å². The Hall–Kier alpha value is -0.0951. The summed E-state index contributed by atoms with van der Waals surface area (Å²) in [6.07, 6.45) is 0. The molecule has 2 rings (SSSR count). The van der Waals surface area contributed by atoms with Crippen LogP contribution in [0.1, 0.15) is 34.6 Å². The minimum atomic E-state index is -0.236. The SMILES string of the molecule is CC1CNCC(B2OC(C)(C)C(C)(C)O2)N1. The summed E-state index contributed by atoms with van der Waals surface area (Å²) in [6.45, 7) is 12.4. The molecule has 0 aliphatic carbocycles. The summed E-state index contributed by atoms with van der Waals surface area (Å²) in [5.41, 5.74) is -0.472. The Bertz CT molecular complexity index is 255. The molecule has 2 unspecified atom stereocenters. The molecular formula is C11H23BN2O2. The van der Waals surface area contributed by atoms with Crippen molar-refractivity contribution in [3.05, 3.63) is 0 Å². The first-order valence-corrected chi connectivity index (χ1v) is 6.14. The zero-order chi connectivity index (χ0) is 12.0. The normalized spacial score (nSPS) is 37.7. The van der Waals surface area contributed by atoms with Gasteiger partial charge in [0, 0.05) is 19.1 Å². The Balaban J connectivity index is 2.02. The van der Waals surface area contributed by atoms with Crippen LogP contribution in [0.15, 0.2) is 0 Å². The second kappa shape index (κ2) is 3.98. The molecule has 0 radical (unpaired) electrons. The fraction of sp³-hybridized carbons (Fsp3) is 1.00. The quantitative estimate of drug-likeness (QED) is 0.641. The van der Waals surface area contributed by atoms with E-state index in [1.54, 1.807) is 0 Å². The van der Waals surface area contributed by atoms with Crippen LogP contribution >= 0.6 is 0 Å². The van der Waals surface area contributed by atoms with Crippen LogP contribution in [0.5, 0.6) is 0 Å². The van der Waals surface area contributed by atoms with Crippen LogP contribution in [0.25, 0.3) is 0 Å². The highest BCUT2D eigenvalue weighted by Crippen LogP contribution is 2.37. The Labute approximate surface area is 98.6 Å². The number of rotatable bonds is 1. The molecule has 2 aliphatic rings. The van der Waals surface area contributed by atoms with E-state index in [4.69, 9.17) is 9.31 Å². The highest BCUT2D eigenvalue weighted by atomic mass is 16.7. The molecule has 2 aliphatic heterocycles. The van der Waals surface area contributed by atoms with E-state index in [1.807, 2.05) is 0 Å². The molecule has 92 valence electrons. The summed E-state index contributed by atoms with van der Waals surface area (Å²) < 4.78 is 12.1. The Morgan fingerprint density at radius 1 is 1.06 bits per heavy atom. The summed E-state index contributed by atoms with van der Waals surface area (Å²) in [5, 5.41) is 6.91. The van der Waals surface area contributed by atoms with E-state index < -0.39 is 0 Å². The van der Waals surface area contributed by atoms with Crippen LogP contribution in [0.3, 0.4) is 0 Å². The molecule has 0 spiro atoms. The molecule has 2 heterocycles. The third-order valence-electron chi connectivity index (χ3n) is 3.91. The second-order valence-corrected chi connectivity index (χ2v) is 5.96. The zero-order valence-electron chi connectivity index (χ0n) is 11.0. The van der Waals surface area contributed by atoms with Gasteiger partial charge in [0.2, 0.25) is 0 Å². The summed E-state index contributed by atoms with van der Waals surface area (Å²) in [5.74, 6) is 0.241. The van der Waals surface area contributed by atoms with E-state index in [1.165, 1.54) is 0 Å². The van der Waals surface area contributed by atoms with Gasteiger partial charge in [0.25, 0.3) is 0 Å². The molecule has 2 atom stereocenters. The van der Waals surface area contributed by atoms with Crippen molar-refractivity contribution in [3.63, 3.8) is 0 Å². The standard InChI is InChI=1S/C11H23BN2O2/c1-8-6-13-7-9(14-8)12-15-10(2,3)11(4,5)16-12/h8-9,13-14H,6-7H2,1-5H3. The molecule has 2 saturated heterocycles. The number of hydrogen-bond donors (Lipinski definition) is 2. The average Bonchev–Trinajstić information content (AvgIpc) is 2.36. The lowest BCUT2D eigenvalue weighted by atomic mass is 9.77. The van der Waals surface area contributed by atoms with Crippen molar-refractivity contribution in [3.8, 4) is 0 Å². The van der Waals surface area contributed by atoms with Gasteiger partial charge < -0.3 is 19.9 Å². The van der Waals surface area contributed by atoms with Crippen molar-refractivity contribution in [2.45, 2.75) is 57.8 Å². The average molecular weight is 226 g/mol. The molecule has 2 fully saturated rings. The predicted molar refractivity (Wildman–Crippen MR) is 65.3 cm³/mol. The van der Waals surface area contributed by atoms with E-state index in [-0.39, 0.29) is 24.3 Å². The lowest BCUT2D eigenvalue weighted by Crippen LogP contribution is -2.60. The number of piperazine rings is 1. The Morgan fingerprint density at radius 3 is 2.12 bits per heavy atom. The third kappa shape index (κ3) is 2.14. The molecule has 5 heteroatoms. The van der Waals surface area contributed by atoms with Gasteiger partial charge in [0.15, 0.2) is 0 Å². The van der Waals surface area contributed by atoms with Crippen LogP contribution < -0.4 is 10.6 Å². The molecule has 0 amide bonds. The maximum absolute atomic E-state index is 6.03. The van der Waals surface area contributed by atoms with Crippen molar-refractivity contribution >= 4 is 7.12 Å². The summed E-state index contributed by atoms with van der Waals surface area (Å²) in [7, 11) is -0.153. The molecule has 0 aromatic rings. The Kier molecular flexibility index (Phi) is 3.08. The lowest BCUT2D eigenvalue weighted by Gasteiger charge is -2.32. The first kappa shape index (κ1) is 12.4. The second-order valence-electron chi connectivity index (χ2n) is 5.96. The number of nitrogens with one attached hydrogen (secondary N) is 2. The van der Waals surface area contributed by atoms with Gasteiger partial charge in [-0.25, -0.2) is 0 Å². The van der Waals surface area contributed by atoms with Crippen LogP contribution in [-0.4, -0.2) is 43.4 Å². The fourth-order valence-electron chi connectivity index (χ4n) is 2.17. The monoisotopic (exact) mass is 226 g/mol. The maximum atomic E-state index is 6.03. The minimum absolute atomic E-state index is 0.153.